The van der Waals surface area contributed by atoms with Gasteiger partial charge in [-0.25, -0.2) is 10.2 Å². The van der Waals surface area contributed by atoms with Crippen LogP contribution in [0.5, 0.6) is 5.75 Å². The fourth-order valence-electron chi connectivity index (χ4n) is 1.96. The lowest BCUT2D eigenvalue weighted by Gasteiger charge is -2.23. The predicted octanol–water partition coefficient (Wildman–Crippen LogP) is 1.32. The summed E-state index contributed by atoms with van der Waals surface area (Å²) in [5, 5.41) is 0. The molecule has 1 heterocycles. The van der Waals surface area contributed by atoms with Crippen LogP contribution in [0.2, 0.25) is 0 Å². The molecule has 1 aromatic carbocycles. The average Bonchev–Trinajstić information content (AvgIpc) is 2.42. The van der Waals surface area contributed by atoms with E-state index in [2.05, 4.69) is 10.9 Å². The highest BCUT2D eigenvalue weighted by Gasteiger charge is 2.34. The molecule has 118 valence electrons. The zero-order valence-electron chi connectivity index (χ0n) is 12.6. The van der Waals surface area contributed by atoms with Crippen LogP contribution in [-0.2, 0) is 20.7 Å². The molecule has 1 aliphatic heterocycles. The zero-order chi connectivity index (χ0) is 16.3. The molecule has 2 amide bonds. The number of ether oxygens (including phenoxy) is 2. The van der Waals surface area contributed by atoms with Crippen LogP contribution >= 0.6 is 0 Å². The minimum atomic E-state index is -1.01. The highest BCUT2D eigenvalue weighted by Crippen LogP contribution is 2.27. The van der Waals surface area contributed by atoms with Gasteiger partial charge in [-0.1, -0.05) is 18.2 Å². The van der Waals surface area contributed by atoms with Gasteiger partial charge in [0, 0.05) is 0 Å². The minimum Gasteiger partial charge on any atom is -0.443 e. The van der Waals surface area contributed by atoms with Gasteiger partial charge in [-0.3, -0.25) is 15.0 Å². The molecule has 2 rings (SSSR count). The number of fused-ring (bicyclic) bond motifs is 1. The summed E-state index contributed by atoms with van der Waals surface area (Å²) in [6.45, 7) is 5.09. The third kappa shape index (κ3) is 3.97. The summed E-state index contributed by atoms with van der Waals surface area (Å²) in [5.74, 6) is -1.85. The van der Waals surface area contributed by atoms with Gasteiger partial charge in [0.25, 0.3) is 5.91 Å². The molecule has 0 fully saturated rings. The van der Waals surface area contributed by atoms with Crippen molar-refractivity contribution >= 4 is 18.0 Å². The molecular weight excluding hydrogens is 288 g/mol. The van der Waals surface area contributed by atoms with Crippen molar-refractivity contribution in [1.29, 1.82) is 0 Å². The van der Waals surface area contributed by atoms with Gasteiger partial charge in [-0.05, 0) is 38.8 Å². The van der Waals surface area contributed by atoms with Gasteiger partial charge in [-0.15, -0.1) is 0 Å². The first-order valence-corrected chi connectivity index (χ1v) is 6.85. The maximum Gasteiger partial charge on any atom is 0.426 e. The first kappa shape index (κ1) is 15.8. The molecule has 7 heteroatoms. The maximum absolute atomic E-state index is 12.0. The molecule has 0 radical (unpaired) electrons. The third-order valence-corrected chi connectivity index (χ3v) is 2.89. The van der Waals surface area contributed by atoms with Crippen molar-refractivity contribution in [2.24, 2.45) is 5.92 Å². The molecule has 0 saturated carbocycles. The number of amides is 2. The van der Waals surface area contributed by atoms with Crippen LogP contribution in [0.3, 0.4) is 0 Å². The molecule has 0 spiro atoms. The SMILES string of the molecule is CC(C)(C)OC(=O)NNC(=O)[C@@H]1Cc2ccccc2OC1=O. The van der Waals surface area contributed by atoms with E-state index in [1.165, 1.54) is 0 Å². The lowest BCUT2D eigenvalue weighted by Crippen LogP contribution is -2.49. The number of benzene rings is 1. The number of rotatable bonds is 1. The van der Waals surface area contributed by atoms with Gasteiger partial charge in [0.1, 0.15) is 17.3 Å². The van der Waals surface area contributed by atoms with E-state index in [-0.39, 0.29) is 6.42 Å². The summed E-state index contributed by atoms with van der Waals surface area (Å²) in [6, 6.07) is 6.99. The number of carbonyl (C=O) groups excluding carboxylic acids is 3. The van der Waals surface area contributed by atoms with Gasteiger partial charge >= 0.3 is 12.1 Å². The van der Waals surface area contributed by atoms with E-state index in [9.17, 15) is 14.4 Å². The summed E-state index contributed by atoms with van der Waals surface area (Å²) in [4.78, 5) is 35.3. The molecule has 0 aromatic heterocycles. The number of carbonyl (C=O) groups is 3. The van der Waals surface area contributed by atoms with Crippen molar-refractivity contribution < 1.29 is 23.9 Å². The second-order valence-corrected chi connectivity index (χ2v) is 5.90. The van der Waals surface area contributed by atoms with Crippen LogP contribution in [0, 0.1) is 5.92 Å². The summed E-state index contributed by atoms with van der Waals surface area (Å²) < 4.78 is 10.1. The second-order valence-electron chi connectivity index (χ2n) is 5.90. The number of esters is 1. The molecular formula is C15H18N2O5. The Morgan fingerprint density at radius 2 is 1.91 bits per heavy atom. The van der Waals surface area contributed by atoms with Crippen molar-refractivity contribution in [3.63, 3.8) is 0 Å². The monoisotopic (exact) mass is 306 g/mol. The van der Waals surface area contributed by atoms with Crippen LogP contribution in [0.1, 0.15) is 26.3 Å². The van der Waals surface area contributed by atoms with Crippen LogP contribution < -0.4 is 15.6 Å². The Morgan fingerprint density at radius 3 is 2.59 bits per heavy atom. The normalized spacial score (nSPS) is 17.0. The van der Waals surface area contributed by atoms with E-state index < -0.39 is 29.5 Å². The summed E-state index contributed by atoms with van der Waals surface area (Å²) in [5.41, 5.74) is 4.36. The largest absolute Gasteiger partial charge is 0.443 e. The highest BCUT2D eigenvalue weighted by molar-refractivity contribution is 6.00. The number of hydrogen-bond acceptors (Lipinski definition) is 5. The Balaban J connectivity index is 1.93. The molecule has 0 saturated heterocycles. The van der Waals surface area contributed by atoms with Gasteiger partial charge in [0.05, 0.1) is 0 Å². The Kier molecular flexibility index (Phi) is 4.35. The zero-order valence-corrected chi connectivity index (χ0v) is 12.6. The van der Waals surface area contributed by atoms with E-state index in [4.69, 9.17) is 9.47 Å². The Hall–Kier alpha value is -2.57. The van der Waals surface area contributed by atoms with E-state index in [0.29, 0.717) is 5.75 Å². The van der Waals surface area contributed by atoms with E-state index >= 15 is 0 Å². The van der Waals surface area contributed by atoms with Crippen molar-refractivity contribution in [3.8, 4) is 5.75 Å². The predicted molar refractivity (Wildman–Crippen MR) is 76.8 cm³/mol. The quantitative estimate of drug-likeness (QED) is 0.353. The molecule has 0 bridgehead atoms. The average molecular weight is 306 g/mol. The molecule has 22 heavy (non-hydrogen) atoms. The first-order valence-electron chi connectivity index (χ1n) is 6.85. The molecule has 2 N–H and O–H groups in total. The summed E-state index contributed by atoms with van der Waals surface area (Å²) >= 11 is 0. The summed E-state index contributed by atoms with van der Waals surface area (Å²) in [6.07, 6.45) is -0.581. The van der Waals surface area contributed by atoms with Gasteiger partial charge in [-0.2, -0.15) is 0 Å². The lowest BCUT2D eigenvalue weighted by molar-refractivity contribution is -0.146. The van der Waals surface area contributed by atoms with Crippen LogP contribution in [0.15, 0.2) is 24.3 Å². The Bertz CT molecular complexity index is 606. The molecule has 1 aliphatic rings. The van der Waals surface area contributed by atoms with Crippen LogP contribution in [0.25, 0.3) is 0 Å². The van der Waals surface area contributed by atoms with Crippen molar-refractivity contribution in [2.45, 2.75) is 32.8 Å². The molecule has 1 aromatic rings. The smallest absolute Gasteiger partial charge is 0.426 e. The van der Waals surface area contributed by atoms with E-state index in [1.54, 1.807) is 45.0 Å². The Morgan fingerprint density at radius 1 is 1.23 bits per heavy atom. The molecule has 0 aliphatic carbocycles. The summed E-state index contributed by atoms with van der Waals surface area (Å²) in [7, 11) is 0. The Labute approximate surface area is 127 Å². The van der Waals surface area contributed by atoms with E-state index in [0.717, 1.165) is 5.56 Å². The molecule has 0 unspecified atom stereocenters. The second kappa shape index (κ2) is 6.05. The number of hydrazine groups is 1. The fraction of sp³-hybridized carbons (Fsp3) is 0.400. The first-order chi connectivity index (χ1) is 10.3. The minimum absolute atomic E-state index is 0.219. The highest BCUT2D eigenvalue weighted by atomic mass is 16.6. The number of para-hydroxylation sites is 1. The van der Waals surface area contributed by atoms with E-state index in [1.807, 2.05) is 0 Å². The third-order valence-electron chi connectivity index (χ3n) is 2.89. The number of nitrogens with one attached hydrogen (secondary N) is 2. The topological polar surface area (TPSA) is 93.7 Å². The van der Waals surface area contributed by atoms with Crippen molar-refractivity contribution in [3.05, 3.63) is 29.8 Å². The standard InChI is InChI=1S/C15H18N2O5/c1-15(2,3)22-14(20)17-16-12(18)10-8-9-6-4-5-7-11(9)21-13(10)19/h4-7,10H,8H2,1-3H3,(H,16,18)(H,17,20)/t10-/m0/s1. The van der Waals surface area contributed by atoms with Gasteiger partial charge in [0.2, 0.25) is 0 Å². The lowest BCUT2D eigenvalue weighted by atomic mass is 9.95. The molecule has 1 atom stereocenters. The maximum atomic E-state index is 12.0. The van der Waals surface area contributed by atoms with Gasteiger partial charge in [0.15, 0.2) is 0 Å². The molecule has 7 nitrogen and oxygen atoms in total. The van der Waals surface area contributed by atoms with Gasteiger partial charge < -0.3 is 9.47 Å². The fourth-order valence-corrected chi connectivity index (χ4v) is 1.96. The van der Waals surface area contributed by atoms with Crippen LogP contribution in [0.4, 0.5) is 4.79 Å². The van der Waals surface area contributed by atoms with Crippen molar-refractivity contribution in [2.75, 3.05) is 0 Å². The number of hydrogen-bond donors (Lipinski definition) is 2. The van der Waals surface area contributed by atoms with Crippen molar-refractivity contribution in [1.82, 2.24) is 10.9 Å². The van der Waals surface area contributed by atoms with Crippen LogP contribution in [-0.4, -0.2) is 23.6 Å².